The summed E-state index contributed by atoms with van der Waals surface area (Å²) in [7, 11) is -3.57. The van der Waals surface area contributed by atoms with Crippen molar-refractivity contribution in [1.82, 2.24) is 9.71 Å². The zero-order chi connectivity index (χ0) is 14.8. The van der Waals surface area contributed by atoms with Crippen molar-refractivity contribution in [3.8, 4) is 0 Å². The van der Waals surface area contributed by atoms with Crippen LogP contribution in [0.5, 0.6) is 0 Å². The lowest BCUT2D eigenvalue weighted by atomic mass is 10.1. The highest BCUT2D eigenvalue weighted by atomic mass is 32.2. The number of thiocarbonyl (C=S) groups is 1. The number of nitrogens with zero attached hydrogens (tertiary/aromatic N) is 1. The molecule has 0 aliphatic heterocycles. The van der Waals surface area contributed by atoms with Gasteiger partial charge >= 0.3 is 0 Å². The molecule has 1 aromatic carbocycles. The molecule has 0 fully saturated rings. The van der Waals surface area contributed by atoms with Crippen LogP contribution in [0.4, 0.5) is 0 Å². The van der Waals surface area contributed by atoms with Gasteiger partial charge in [-0.3, -0.25) is 0 Å². The van der Waals surface area contributed by atoms with Crippen LogP contribution in [0.2, 0.25) is 0 Å². The van der Waals surface area contributed by atoms with E-state index in [0.717, 1.165) is 5.56 Å². The van der Waals surface area contributed by atoms with Gasteiger partial charge in [-0.2, -0.15) is 0 Å². The molecule has 0 saturated heterocycles. The van der Waals surface area contributed by atoms with E-state index in [1.165, 1.54) is 17.4 Å². The Labute approximate surface area is 126 Å². The van der Waals surface area contributed by atoms with Gasteiger partial charge < -0.3 is 5.73 Å². The molecule has 2 aromatic rings. The maximum atomic E-state index is 12.2. The number of sulfonamides is 1. The Hall–Kier alpha value is -1.35. The van der Waals surface area contributed by atoms with Gasteiger partial charge in [-0.25, -0.2) is 18.1 Å². The minimum absolute atomic E-state index is 0.177. The van der Waals surface area contributed by atoms with Gasteiger partial charge in [0.25, 0.3) is 0 Å². The Kier molecular flexibility index (Phi) is 4.48. The zero-order valence-electron chi connectivity index (χ0n) is 10.7. The molecule has 0 spiro atoms. The fourth-order valence-electron chi connectivity index (χ4n) is 1.66. The molecule has 0 amide bonds. The van der Waals surface area contributed by atoms with E-state index >= 15 is 0 Å². The van der Waals surface area contributed by atoms with Crippen LogP contribution >= 0.6 is 23.6 Å². The van der Waals surface area contributed by atoms with E-state index in [1.807, 2.05) is 0 Å². The molecule has 106 valence electrons. The highest BCUT2D eigenvalue weighted by Gasteiger charge is 2.15. The van der Waals surface area contributed by atoms with Crippen LogP contribution < -0.4 is 10.5 Å². The molecule has 5 nitrogen and oxygen atoms in total. The Morgan fingerprint density at radius 3 is 2.80 bits per heavy atom. The fraction of sp³-hybridized carbons (Fsp3) is 0.167. The SMILES string of the molecule is Cc1cc(S(=O)(=O)NCc2nccs2)ccc1C(N)=S. The van der Waals surface area contributed by atoms with Crippen LogP contribution in [0.25, 0.3) is 0 Å². The number of benzene rings is 1. The molecular formula is C12H13N3O2S3. The largest absolute Gasteiger partial charge is 0.389 e. The van der Waals surface area contributed by atoms with Gasteiger partial charge in [0.2, 0.25) is 10.0 Å². The lowest BCUT2D eigenvalue weighted by Crippen LogP contribution is -2.23. The lowest BCUT2D eigenvalue weighted by molar-refractivity contribution is 0.581. The Morgan fingerprint density at radius 2 is 2.25 bits per heavy atom. The highest BCUT2D eigenvalue weighted by Crippen LogP contribution is 2.16. The molecule has 20 heavy (non-hydrogen) atoms. The predicted molar refractivity (Wildman–Crippen MR) is 83.2 cm³/mol. The average Bonchev–Trinajstić information content (AvgIpc) is 2.89. The number of rotatable bonds is 5. The van der Waals surface area contributed by atoms with Crippen molar-refractivity contribution >= 4 is 38.6 Å². The van der Waals surface area contributed by atoms with Crippen LogP contribution in [-0.4, -0.2) is 18.4 Å². The number of aryl methyl sites for hydroxylation is 1. The van der Waals surface area contributed by atoms with Crippen molar-refractivity contribution in [2.45, 2.75) is 18.4 Å². The Morgan fingerprint density at radius 1 is 1.50 bits per heavy atom. The van der Waals surface area contributed by atoms with Gasteiger partial charge in [-0.1, -0.05) is 18.3 Å². The average molecular weight is 327 g/mol. The van der Waals surface area contributed by atoms with Crippen LogP contribution in [0.1, 0.15) is 16.1 Å². The van der Waals surface area contributed by atoms with E-state index in [2.05, 4.69) is 9.71 Å². The van der Waals surface area contributed by atoms with Crippen molar-refractivity contribution in [3.63, 3.8) is 0 Å². The molecule has 2 rings (SSSR count). The third-order valence-corrected chi connectivity index (χ3v) is 5.07. The smallest absolute Gasteiger partial charge is 0.240 e. The first kappa shape index (κ1) is 15.0. The van der Waals surface area contributed by atoms with Gasteiger partial charge in [0, 0.05) is 17.1 Å². The van der Waals surface area contributed by atoms with Crippen LogP contribution in [0.3, 0.4) is 0 Å². The van der Waals surface area contributed by atoms with Gasteiger partial charge in [-0.05, 0) is 24.6 Å². The number of nitrogens with one attached hydrogen (secondary N) is 1. The standard InChI is InChI=1S/C12H13N3O2S3/c1-8-6-9(2-3-10(8)12(13)18)20(16,17)15-7-11-14-4-5-19-11/h2-6,15H,7H2,1H3,(H2,13,18). The van der Waals surface area contributed by atoms with Crippen molar-refractivity contribution in [2.24, 2.45) is 5.73 Å². The van der Waals surface area contributed by atoms with Crippen LogP contribution in [0, 0.1) is 6.92 Å². The first-order valence-electron chi connectivity index (χ1n) is 5.68. The van der Waals surface area contributed by atoms with Crippen molar-refractivity contribution < 1.29 is 8.42 Å². The van der Waals surface area contributed by atoms with E-state index in [-0.39, 0.29) is 16.4 Å². The number of thiazole rings is 1. The highest BCUT2D eigenvalue weighted by molar-refractivity contribution is 7.89. The fourth-order valence-corrected chi connectivity index (χ4v) is 3.61. The van der Waals surface area contributed by atoms with Gasteiger partial charge in [-0.15, -0.1) is 11.3 Å². The summed E-state index contributed by atoms with van der Waals surface area (Å²) < 4.78 is 26.8. The molecule has 0 unspecified atom stereocenters. The maximum Gasteiger partial charge on any atom is 0.240 e. The number of aromatic nitrogens is 1. The summed E-state index contributed by atoms with van der Waals surface area (Å²) in [5.74, 6) is 0. The van der Waals surface area contributed by atoms with Gasteiger partial charge in [0.05, 0.1) is 11.4 Å². The molecule has 1 heterocycles. The molecule has 0 bridgehead atoms. The van der Waals surface area contributed by atoms with E-state index < -0.39 is 10.0 Å². The maximum absolute atomic E-state index is 12.2. The van der Waals surface area contributed by atoms with Crippen LogP contribution in [-0.2, 0) is 16.6 Å². The summed E-state index contributed by atoms with van der Waals surface area (Å²) in [4.78, 5) is 4.46. The van der Waals surface area contributed by atoms with Crippen LogP contribution in [0.15, 0.2) is 34.7 Å². The molecular weight excluding hydrogens is 314 g/mol. The van der Waals surface area contributed by atoms with Crippen molar-refractivity contribution in [2.75, 3.05) is 0 Å². The first-order valence-corrected chi connectivity index (χ1v) is 8.46. The molecule has 8 heteroatoms. The molecule has 3 N–H and O–H groups in total. The van der Waals surface area contributed by atoms with Gasteiger partial charge in [0.1, 0.15) is 10.00 Å². The van der Waals surface area contributed by atoms with E-state index in [9.17, 15) is 8.42 Å². The van der Waals surface area contributed by atoms with E-state index in [1.54, 1.807) is 30.6 Å². The lowest BCUT2D eigenvalue weighted by Gasteiger charge is -2.09. The molecule has 0 aliphatic carbocycles. The second kappa shape index (κ2) is 5.96. The minimum atomic E-state index is -3.57. The van der Waals surface area contributed by atoms with E-state index in [0.29, 0.717) is 10.6 Å². The second-order valence-corrected chi connectivity index (χ2v) is 7.28. The summed E-state index contributed by atoms with van der Waals surface area (Å²) in [6.45, 7) is 1.95. The Bertz CT molecular complexity index is 724. The molecule has 0 radical (unpaired) electrons. The summed E-state index contributed by atoms with van der Waals surface area (Å²) >= 11 is 6.29. The molecule has 0 atom stereocenters. The van der Waals surface area contributed by atoms with Crippen molar-refractivity contribution in [1.29, 1.82) is 0 Å². The normalized spacial score (nSPS) is 11.4. The quantitative estimate of drug-likeness (QED) is 0.814. The van der Waals surface area contributed by atoms with Gasteiger partial charge in [0.15, 0.2) is 0 Å². The summed E-state index contributed by atoms with van der Waals surface area (Å²) in [5.41, 5.74) is 6.97. The molecule has 1 aromatic heterocycles. The minimum Gasteiger partial charge on any atom is -0.389 e. The predicted octanol–water partition coefficient (Wildman–Crippen LogP) is 1.56. The molecule has 0 saturated carbocycles. The van der Waals surface area contributed by atoms with Crippen molar-refractivity contribution in [3.05, 3.63) is 45.9 Å². The summed E-state index contributed by atoms with van der Waals surface area (Å²) in [6, 6.07) is 4.67. The topological polar surface area (TPSA) is 85.1 Å². The second-order valence-electron chi connectivity index (χ2n) is 4.09. The number of nitrogens with two attached hydrogens (primary N) is 1. The Balaban J connectivity index is 2.21. The number of hydrogen-bond donors (Lipinski definition) is 2. The monoisotopic (exact) mass is 327 g/mol. The number of hydrogen-bond acceptors (Lipinski definition) is 5. The summed E-state index contributed by atoms with van der Waals surface area (Å²) in [5, 5.41) is 2.51. The zero-order valence-corrected chi connectivity index (χ0v) is 13.1. The first-order chi connectivity index (χ1) is 9.40. The van der Waals surface area contributed by atoms with E-state index in [4.69, 9.17) is 18.0 Å². The third kappa shape index (κ3) is 3.40. The third-order valence-electron chi connectivity index (χ3n) is 2.67. The summed E-state index contributed by atoms with van der Waals surface area (Å²) in [6.07, 6.45) is 1.63. The molecule has 0 aliphatic rings.